The molecule has 0 aliphatic carbocycles. The zero-order valence-electron chi connectivity index (χ0n) is 12.2. The summed E-state index contributed by atoms with van der Waals surface area (Å²) in [6.45, 7) is 5.93. The summed E-state index contributed by atoms with van der Waals surface area (Å²) in [6, 6.07) is 3.54. The fourth-order valence-corrected chi connectivity index (χ4v) is 4.44. The number of thiazole rings is 1. The van der Waals surface area contributed by atoms with Crippen molar-refractivity contribution >= 4 is 26.5 Å². The van der Waals surface area contributed by atoms with E-state index < -0.39 is 10.0 Å². The molecule has 0 saturated carbocycles. The van der Waals surface area contributed by atoms with E-state index in [4.69, 9.17) is 10.2 Å². The second-order valence-corrected chi connectivity index (χ2v) is 8.51. The van der Waals surface area contributed by atoms with Crippen molar-refractivity contribution in [2.45, 2.75) is 27.3 Å². The molecular weight excluding hydrogens is 310 g/mol. The van der Waals surface area contributed by atoms with Gasteiger partial charge in [0.1, 0.15) is 11.5 Å². The molecular formula is C13H19N3O3S2. The van der Waals surface area contributed by atoms with Crippen LogP contribution in [0.15, 0.2) is 21.9 Å². The molecule has 0 aliphatic heterocycles. The SMILES string of the molecule is CC(C)(C)CS(=O)(=O)Nc1nc(-c2ccc(CN)o2)cs1. The minimum absolute atomic E-state index is 0.0347. The van der Waals surface area contributed by atoms with Crippen molar-refractivity contribution < 1.29 is 12.8 Å². The maximum atomic E-state index is 12.0. The van der Waals surface area contributed by atoms with Crippen LogP contribution in [0.4, 0.5) is 5.13 Å². The standard InChI is InChI=1S/C13H19N3O3S2/c1-13(2,3)8-21(17,18)16-12-15-10(7-20-12)11-5-4-9(6-14)19-11/h4-5,7H,6,8,14H2,1-3H3,(H,15,16). The molecule has 0 fully saturated rings. The zero-order valence-corrected chi connectivity index (χ0v) is 13.8. The molecule has 116 valence electrons. The Morgan fingerprint density at radius 3 is 2.67 bits per heavy atom. The predicted molar refractivity (Wildman–Crippen MR) is 84.6 cm³/mol. The van der Waals surface area contributed by atoms with Gasteiger partial charge in [0.15, 0.2) is 10.9 Å². The lowest BCUT2D eigenvalue weighted by molar-refractivity contribution is 0.463. The van der Waals surface area contributed by atoms with Crippen LogP contribution in [0.2, 0.25) is 0 Å². The van der Waals surface area contributed by atoms with Crippen molar-refractivity contribution in [1.29, 1.82) is 0 Å². The molecule has 2 heterocycles. The predicted octanol–water partition coefficient (Wildman–Crippen LogP) is 2.65. The van der Waals surface area contributed by atoms with E-state index in [0.29, 0.717) is 28.9 Å². The number of hydrogen-bond donors (Lipinski definition) is 2. The van der Waals surface area contributed by atoms with Gasteiger partial charge < -0.3 is 10.2 Å². The number of nitrogens with two attached hydrogens (primary N) is 1. The summed E-state index contributed by atoms with van der Waals surface area (Å²) in [5.74, 6) is 1.27. The summed E-state index contributed by atoms with van der Waals surface area (Å²) < 4.78 is 32.0. The summed E-state index contributed by atoms with van der Waals surface area (Å²) in [5.41, 5.74) is 5.76. The van der Waals surface area contributed by atoms with Crippen LogP contribution in [0.25, 0.3) is 11.5 Å². The largest absolute Gasteiger partial charge is 0.458 e. The van der Waals surface area contributed by atoms with E-state index in [-0.39, 0.29) is 11.2 Å². The number of nitrogens with zero attached hydrogens (tertiary/aromatic N) is 1. The molecule has 0 bridgehead atoms. The minimum atomic E-state index is -3.41. The number of hydrogen-bond acceptors (Lipinski definition) is 6. The fourth-order valence-electron chi connectivity index (χ4n) is 1.80. The van der Waals surface area contributed by atoms with Crippen molar-refractivity contribution in [2.75, 3.05) is 10.5 Å². The molecule has 0 radical (unpaired) electrons. The first-order valence-corrected chi connectivity index (χ1v) is 8.97. The lowest BCUT2D eigenvalue weighted by atomic mass is 10.0. The summed E-state index contributed by atoms with van der Waals surface area (Å²) in [4.78, 5) is 4.24. The molecule has 3 N–H and O–H groups in total. The highest BCUT2D eigenvalue weighted by Crippen LogP contribution is 2.27. The second-order valence-electron chi connectivity index (χ2n) is 5.93. The van der Waals surface area contributed by atoms with Gasteiger partial charge in [0.2, 0.25) is 10.0 Å². The molecule has 2 aromatic heterocycles. The van der Waals surface area contributed by atoms with E-state index in [9.17, 15) is 8.42 Å². The van der Waals surface area contributed by atoms with Gasteiger partial charge in [-0.1, -0.05) is 20.8 Å². The number of aromatic nitrogens is 1. The Labute approximate surface area is 128 Å². The third kappa shape index (κ3) is 4.55. The van der Waals surface area contributed by atoms with E-state index in [0.717, 1.165) is 0 Å². The molecule has 21 heavy (non-hydrogen) atoms. The average Bonchev–Trinajstić information content (AvgIpc) is 2.92. The van der Waals surface area contributed by atoms with Gasteiger partial charge in [0.25, 0.3) is 0 Å². The molecule has 0 amide bonds. The van der Waals surface area contributed by atoms with Crippen molar-refractivity contribution in [2.24, 2.45) is 11.1 Å². The van der Waals surface area contributed by atoms with Gasteiger partial charge in [-0.25, -0.2) is 13.4 Å². The molecule has 6 nitrogen and oxygen atoms in total. The monoisotopic (exact) mass is 329 g/mol. The molecule has 0 atom stereocenters. The van der Waals surface area contributed by atoms with Crippen LogP contribution in [0.3, 0.4) is 0 Å². The normalized spacial score (nSPS) is 12.6. The van der Waals surface area contributed by atoms with Gasteiger partial charge in [-0.15, -0.1) is 11.3 Å². The molecule has 0 unspecified atom stereocenters. The van der Waals surface area contributed by atoms with Crippen LogP contribution in [0, 0.1) is 5.41 Å². The van der Waals surface area contributed by atoms with Gasteiger partial charge in [-0.3, -0.25) is 4.72 Å². The number of furan rings is 1. The van der Waals surface area contributed by atoms with Crippen LogP contribution in [-0.2, 0) is 16.6 Å². The van der Waals surface area contributed by atoms with E-state index in [1.807, 2.05) is 20.8 Å². The van der Waals surface area contributed by atoms with E-state index >= 15 is 0 Å². The van der Waals surface area contributed by atoms with Gasteiger partial charge in [-0.05, 0) is 17.5 Å². The average molecular weight is 329 g/mol. The summed E-state index contributed by atoms with van der Waals surface area (Å²) in [7, 11) is -3.41. The molecule has 0 spiro atoms. The van der Waals surface area contributed by atoms with Crippen LogP contribution in [0.1, 0.15) is 26.5 Å². The molecule has 2 aromatic rings. The quantitative estimate of drug-likeness (QED) is 0.878. The Hall–Kier alpha value is -1.38. The molecule has 8 heteroatoms. The van der Waals surface area contributed by atoms with E-state index in [1.165, 1.54) is 11.3 Å². The highest BCUT2D eigenvalue weighted by molar-refractivity contribution is 7.92. The minimum Gasteiger partial charge on any atom is -0.458 e. The topological polar surface area (TPSA) is 98.2 Å². The number of rotatable bonds is 5. The first-order chi connectivity index (χ1) is 9.68. The fraction of sp³-hybridized carbons (Fsp3) is 0.462. The van der Waals surface area contributed by atoms with Gasteiger partial charge in [0.05, 0.1) is 12.3 Å². The highest BCUT2D eigenvalue weighted by Gasteiger charge is 2.22. The summed E-state index contributed by atoms with van der Waals surface area (Å²) in [6.07, 6.45) is 0. The maximum Gasteiger partial charge on any atom is 0.235 e. The Balaban J connectivity index is 2.13. The van der Waals surface area contributed by atoms with Crippen LogP contribution in [0.5, 0.6) is 0 Å². The number of sulfonamides is 1. The van der Waals surface area contributed by atoms with E-state index in [1.54, 1.807) is 17.5 Å². The summed E-state index contributed by atoms with van der Waals surface area (Å²) >= 11 is 1.22. The number of anilines is 1. The molecule has 0 aliphatic rings. The van der Waals surface area contributed by atoms with Crippen LogP contribution >= 0.6 is 11.3 Å². The third-order valence-electron chi connectivity index (χ3n) is 2.49. The van der Waals surface area contributed by atoms with Crippen molar-refractivity contribution in [1.82, 2.24) is 4.98 Å². The number of nitrogens with one attached hydrogen (secondary N) is 1. The van der Waals surface area contributed by atoms with Gasteiger partial charge in [0, 0.05) is 5.38 Å². The molecule has 2 rings (SSSR count). The lowest BCUT2D eigenvalue weighted by Crippen LogP contribution is -2.26. The first-order valence-electron chi connectivity index (χ1n) is 6.44. The van der Waals surface area contributed by atoms with Crippen LogP contribution < -0.4 is 10.5 Å². The third-order valence-corrected chi connectivity index (χ3v) is 5.12. The lowest BCUT2D eigenvalue weighted by Gasteiger charge is -2.17. The molecule has 0 aromatic carbocycles. The Kier molecular flexibility index (Phi) is 4.40. The van der Waals surface area contributed by atoms with Gasteiger partial charge in [-0.2, -0.15) is 0 Å². The van der Waals surface area contributed by atoms with E-state index in [2.05, 4.69) is 9.71 Å². The smallest absolute Gasteiger partial charge is 0.235 e. The van der Waals surface area contributed by atoms with Crippen LogP contribution in [-0.4, -0.2) is 19.2 Å². The highest BCUT2D eigenvalue weighted by atomic mass is 32.2. The van der Waals surface area contributed by atoms with Crippen molar-refractivity contribution in [3.05, 3.63) is 23.3 Å². The maximum absolute atomic E-state index is 12.0. The Morgan fingerprint density at radius 1 is 1.38 bits per heavy atom. The summed E-state index contributed by atoms with van der Waals surface area (Å²) in [5, 5.41) is 2.08. The Bertz CT molecular complexity index is 711. The Morgan fingerprint density at radius 2 is 2.10 bits per heavy atom. The zero-order chi connectivity index (χ0) is 15.7. The van der Waals surface area contributed by atoms with Crippen molar-refractivity contribution in [3.8, 4) is 11.5 Å². The van der Waals surface area contributed by atoms with Crippen molar-refractivity contribution in [3.63, 3.8) is 0 Å². The second kappa shape index (κ2) is 5.78. The first kappa shape index (κ1) is 16.0. The molecule has 0 saturated heterocycles. The van der Waals surface area contributed by atoms with Gasteiger partial charge >= 0.3 is 0 Å².